The van der Waals surface area contributed by atoms with Crippen LogP contribution in [0.1, 0.15) is 44.7 Å². The van der Waals surface area contributed by atoms with E-state index in [0.29, 0.717) is 23.2 Å². The lowest BCUT2D eigenvalue weighted by Crippen LogP contribution is -2.36. The van der Waals surface area contributed by atoms with E-state index in [4.69, 9.17) is 0 Å². The smallest absolute Gasteiger partial charge is 0.261 e. The number of carbonyl (C=O) groups is 4. The van der Waals surface area contributed by atoms with Crippen LogP contribution in [0.25, 0.3) is 0 Å². The van der Waals surface area contributed by atoms with Crippen LogP contribution in [0.5, 0.6) is 0 Å². The van der Waals surface area contributed by atoms with Crippen LogP contribution in [-0.2, 0) is 9.59 Å². The zero-order valence-corrected chi connectivity index (χ0v) is 17.4. The van der Waals surface area contributed by atoms with Crippen molar-refractivity contribution >= 4 is 29.3 Å². The van der Waals surface area contributed by atoms with Gasteiger partial charge in [-0.2, -0.15) is 0 Å². The van der Waals surface area contributed by atoms with Crippen molar-refractivity contribution in [2.45, 2.75) is 26.7 Å². The molecule has 0 aliphatic carbocycles. The highest BCUT2D eigenvalue weighted by atomic mass is 16.2. The van der Waals surface area contributed by atoms with Gasteiger partial charge in [0.15, 0.2) is 0 Å². The van der Waals surface area contributed by atoms with Gasteiger partial charge in [0.25, 0.3) is 11.8 Å². The lowest BCUT2D eigenvalue weighted by atomic mass is 10.1. The van der Waals surface area contributed by atoms with Gasteiger partial charge in [-0.25, -0.2) is 0 Å². The van der Waals surface area contributed by atoms with Gasteiger partial charge in [-0.3, -0.25) is 24.1 Å². The summed E-state index contributed by atoms with van der Waals surface area (Å²) in [7, 11) is 1.56. The lowest BCUT2D eigenvalue weighted by molar-refractivity contribution is -0.133. The van der Waals surface area contributed by atoms with E-state index in [1.807, 2.05) is 26.0 Å². The number of amides is 4. The van der Waals surface area contributed by atoms with E-state index < -0.39 is 0 Å². The number of hydrogen-bond donors (Lipinski definition) is 1. The SMILES string of the molecule is Cc1ccc(NC(=O)CN(C)C(=O)CCCN2C(=O)c3ccc(C)cc3C2=O)cc1. The molecule has 0 saturated carbocycles. The first-order chi connectivity index (χ1) is 14.3. The molecule has 0 bridgehead atoms. The zero-order valence-electron chi connectivity index (χ0n) is 17.4. The Balaban J connectivity index is 1.46. The molecule has 0 spiro atoms. The number of likely N-dealkylation sites (N-methyl/N-ethyl adjacent to an activating group) is 1. The molecule has 1 N–H and O–H groups in total. The molecule has 0 aromatic heterocycles. The second-order valence-electron chi connectivity index (χ2n) is 7.58. The number of imide groups is 1. The van der Waals surface area contributed by atoms with Crippen LogP contribution in [0, 0.1) is 13.8 Å². The van der Waals surface area contributed by atoms with Crippen molar-refractivity contribution < 1.29 is 19.2 Å². The van der Waals surface area contributed by atoms with Gasteiger partial charge in [-0.05, 0) is 44.5 Å². The molecule has 0 radical (unpaired) electrons. The standard InChI is InChI=1S/C23H25N3O4/c1-15-6-9-17(10-7-15)24-20(27)14-25(3)21(28)5-4-12-26-22(29)18-11-8-16(2)13-19(18)23(26)30/h6-11,13H,4-5,12,14H2,1-3H3,(H,24,27). The molecule has 1 aliphatic heterocycles. The van der Waals surface area contributed by atoms with Gasteiger partial charge in [-0.15, -0.1) is 0 Å². The van der Waals surface area contributed by atoms with Crippen LogP contribution in [0.3, 0.4) is 0 Å². The molecule has 0 atom stereocenters. The number of fused-ring (bicyclic) bond motifs is 1. The average molecular weight is 407 g/mol. The van der Waals surface area contributed by atoms with E-state index in [0.717, 1.165) is 11.1 Å². The molecule has 0 fully saturated rings. The fourth-order valence-electron chi connectivity index (χ4n) is 3.33. The quantitative estimate of drug-likeness (QED) is 0.715. The molecule has 1 aliphatic rings. The van der Waals surface area contributed by atoms with E-state index in [2.05, 4.69) is 5.32 Å². The summed E-state index contributed by atoms with van der Waals surface area (Å²) in [4.78, 5) is 51.9. The molecular weight excluding hydrogens is 382 g/mol. The second kappa shape index (κ2) is 8.90. The van der Waals surface area contributed by atoms with E-state index in [9.17, 15) is 19.2 Å². The molecule has 7 nitrogen and oxygen atoms in total. The minimum atomic E-state index is -0.326. The molecule has 4 amide bonds. The summed E-state index contributed by atoms with van der Waals surface area (Å²) in [5.74, 6) is -1.16. The van der Waals surface area contributed by atoms with Crippen molar-refractivity contribution in [1.82, 2.24) is 9.80 Å². The molecule has 156 valence electrons. The summed E-state index contributed by atoms with van der Waals surface area (Å²) in [5, 5.41) is 2.75. The third-order valence-corrected chi connectivity index (χ3v) is 5.04. The maximum atomic E-state index is 12.5. The first-order valence-electron chi connectivity index (χ1n) is 9.83. The molecule has 7 heteroatoms. The summed E-state index contributed by atoms with van der Waals surface area (Å²) in [5.41, 5.74) is 3.50. The molecule has 2 aromatic rings. The highest BCUT2D eigenvalue weighted by Crippen LogP contribution is 2.24. The predicted octanol–water partition coefficient (Wildman–Crippen LogP) is 2.78. The minimum Gasteiger partial charge on any atom is -0.336 e. The van der Waals surface area contributed by atoms with Crippen molar-refractivity contribution in [3.63, 3.8) is 0 Å². The number of nitrogens with zero attached hydrogens (tertiary/aromatic N) is 2. The fraction of sp³-hybridized carbons (Fsp3) is 0.304. The van der Waals surface area contributed by atoms with Crippen LogP contribution < -0.4 is 5.32 Å². The van der Waals surface area contributed by atoms with Crippen molar-refractivity contribution in [3.8, 4) is 0 Å². The molecule has 30 heavy (non-hydrogen) atoms. The maximum absolute atomic E-state index is 12.5. The minimum absolute atomic E-state index is 0.0704. The van der Waals surface area contributed by atoms with E-state index in [1.165, 1.54) is 9.80 Å². The highest BCUT2D eigenvalue weighted by Gasteiger charge is 2.35. The van der Waals surface area contributed by atoms with Crippen molar-refractivity contribution in [2.75, 3.05) is 25.5 Å². The third kappa shape index (κ3) is 4.74. The van der Waals surface area contributed by atoms with Crippen molar-refractivity contribution in [2.24, 2.45) is 0 Å². The Bertz CT molecular complexity index is 998. The zero-order chi connectivity index (χ0) is 21.8. The summed E-state index contributed by atoms with van der Waals surface area (Å²) >= 11 is 0. The van der Waals surface area contributed by atoms with Crippen LogP contribution in [0.2, 0.25) is 0 Å². The number of hydrogen-bond acceptors (Lipinski definition) is 4. The van der Waals surface area contributed by atoms with Gasteiger partial charge in [0.1, 0.15) is 0 Å². The van der Waals surface area contributed by atoms with Crippen LogP contribution in [-0.4, -0.2) is 53.6 Å². The Labute approximate surface area is 175 Å². The topological polar surface area (TPSA) is 86.8 Å². The van der Waals surface area contributed by atoms with Crippen molar-refractivity contribution in [3.05, 3.63) is 64.7 Å². The number of benzene rings is 2. The second-order valence-corrected chi connectivity index (χ2v) is 7.58. The molecule has 0 saturated heterocycles. The molecule has 2 aromatic carbocycles. The van der Waals surface area contributed by atoms with Crippen LogP contribution in [0.4, 0.5) is 5.69 Å². The summed E-state index contributed by atoms with van der Waals surface area (Å²) in [6.07, 6.45) is 0.480. The van der Waals surface area contributed by atoms with Gasteiger partial charge in [0.05, 0.1) is 17.7 Å². The Kier molecular flexibility index (Phi) is 6.30. The monoisotopic (exact) mass is 407 g/mol. The molecular formula is C23H25N3O4. The maximum Gasteiger partial charge on any atom is 0.261 e. The first kappa shape index (κ1) is 21.2. The largest absolute Gasteiger partial charge is 0.336 e. The Morgan fingerprint density at radius 1 is 0.933 bits per heavy atom. The third-order valence-electron chi connectivity index (χ3n) is 5.04. The Hall–Kier alpha value is -3.48. The van der Waals surface area contributed by atoms with E-state index in [-0.39, 0.29) is 43.1 Å². The summed E-state index contributed by atoms with van der Waals surface area (Å²) < 4.78 is 0. The number of anilines is 1. The number of nitrogens with one attached hydrogen (secondary N) is 1. The van der Waals surface area contributed by atoms with Crippen LogP contribution in [0.15, 0.2) is 42.5 Å². The average Bonchev–Trinajstić information content (AvgIpc) is 2.93. The van der Waals surface area contributed by atoms with Gasteiger partial charge in [-0.1, -0.05) is 29.3 Å². The predicted molar refractivity (Wildman–Crippen MR) is 113 cm³/mol. The highest BCUT2D eigenvalue weighted by molar-refractivity contribution is 6.21. The number of carbonyl (C=O) groups excluding carboxylic acids is 4. The fourth-order valence-corrected chi connectivity index (χ4v) is 3.33. The lowest BCUT2D eigenvalue weighted by Gasteiger charge is -2.18. The summed E-state index contributed by atoms with van der Waals surface area (Å²) in [6, 6.07) is 12.6. The van der Waals surface area contributed by atoms with Gasteiger partial charge in [0, 0.05) is 25.7 Å². The van der Waals surface area contributed by atoms with Gasteiger partial charge >= 0.3 is 0 Å². The Morgan fingerprint density at radius 2 is 1.57 bits per heavy atom. The molecule has 1 heterocycles. The Morgan fingerprint density at radius 3 is 2.27 bits per heavy atom. The number of aryl methyl sites for hydroxylation is 2. The normalized spacial score (nSPS) is 12.7. The van der Waals surface area contributed by atoms with Gasteiger partial charge < -0.3 is 10.2 Å². The van der Waals surface area contributed by atoms with E-state index in [1.54, 1.807) is 37.4 Å². The summed E-state index contributed by atoms with van der Waals surface area (Å²) in [6.45, 7) is 3.92. The van der Waals surface area contributed by atoms with Gasteiger partial charge in [0.2, 0.25) is 11.8 Å². The van der Waals surface area contributed by atoms with Crippen molar-refractivity contribution in [1.29, 1.82) is 0 Å². The molecule has 0 unspecified atom stereocenters. The van der Waals surface area contributed by atoms with E-state index >= 15 is 0 Å². The van der Waals surface area contributed by atoms with Crippen LogP contribution >= 0.6 is 0 Å². The first-order valence-corrected chi connectivity index (χ1v) is 9.83. The number of rotatable bonds is 7. The molecule has 3 rings (SSSR count).